The average Bonchev–Trinajstić information content (AvgIpc) is 3.12. The summed E-state index contributed by atoms with van der Waals surface area (Å²) in [5.74, 6) is -1.13. The van der Waals surface area contributed by atoms with E-state index in [1.807, 2.05) is 0 Å². The van der Waals surface area contributed by atoms with Gasteiger partial charge in [0, 0.05) is 16.1 Å². The molecule has 0 aromatic heterocycles. The molecule has 0 saturated heterocycles. The summed E-state index contributed by atoms with van der Waals surface area (Å²) in [6, 6.07) is 2.81. The van der Waals surface area contributed by atoms with E-state index in [1.165, 1.54) is 19.1 Å². The first kappa shape index (κ1) is 14.4. The van der Waals surface area contributed by atoms with Gasteiger partial charge in [-0.2, -0.15) is 0 Å². The van der Waals surface area contributed by atoms with Gasteiger partial charge >= 0.3 is 0 Å². The zero-order valence-electron chi connectivity index (χ0n) is 10.6. The fourth-order valence-corrected chi connectivity index (χ4v) is 2.38. The third-order valence-electron chi connectivity index (χ3n) is 3.36. The number of primary amides is 1. The van der Waals surface area contributed by atoms with Crippen LogP contribution in [0.5, 0.6) is 0 Å². The van der Waals surface area contributed by atoms with Crippen LogP contribution in [0.2, 0.25) is 0 Å². The molecule has 0 unspecified atom stereocenters. The summed E-state index contributed by atoms with van der Waals surface area (Å²) in [5.41, 5.74) is 4.47. The summed E-state index contributed by atoms with van der Waals surface area (Å²) in [4.78, 5) is 33.8. The second-order valence-electron chi connectivity index (χ2n) is 4.76. The number of benzene rings is 1. The lowest BCUT2D eigenvalue weighted by atomic mass is 10.1. The van der Waals surface area contributed by atoms with Gasteiger partial charge in [-0.25, -0.2) is 0 Å². The number of carbonyl (C=O) groups is 2. The summed E-state index contributed by atoms with van der Waals surface area (Å²) in [6.45, 7) is 1.49. The highest BCUT2D eigenvalue weighted by Crippen LogP contribution is 2.36. The molecule has 20 heavy (non-hydrogen) atoms. The van der Waals surface area contributed by atoms with Gasteiger partial charge in [-0.15, -0.1) is 0 Å². The number of hydrogen-bond acceptors (Lipinski definition) is 4. The van der Waals surface area contributed by atoms with Crippen LogP contribution in [0, 0.1) is 17.0 Å². The van der Waals surface area contributed by atoms with Gasteiger partial charge in [-0.3, -0.25) is 19.7 Å². The van der Waals surface area contributed by atoms with Crippen LogP contribution >= 0.6 is 15.9 Å². The van der Waals surface area contributed by atoms with Gasteiger partial charge in [0.1, 0.15) is 5.54 Å². The summed E-state index contributed by atoms with van der Waals surface area (Å²) < 4.78 is 0.420. The van der Waals surface area contributed by atoms with Crippen LogP contribution in [-0.4, -0.2) is 22.3 Å². The fourth-order valence-electron chi connectivity index (χ4n) is 1.93. The average molecular weight is 342 g/mol. The largest absolute Gasteiger partial charge is 0.368 e. The molecule has 1 aromatic rings. The minimum atomic E-state index is -0.999. The zero-order chi connectivity index (χ0) is 15.1. The van der Waals surface area contributed by atoms with Gasteiger partial charge < -0.3 is 11.1 Å². The van der Waals surface area contributed by atoms with Crippen LogP contribution in [0.25, 0.3) is 0 Å². The number of nitrogens with two attached hydrogens (primary N) is 1. The van der Waals surface area contributed by atoms with Crippen molar-refractivity contribution >= 4 is 33.4 Å². The highest BCUT2D eigenvalue weighted by atomic mass is 79.9. The fraction of sp³-hybridized carbons (Fsp3) is 0.333. The Morgan fingerprint density at radius 3 is 2.50 bits per heavy atom. The summed E-state index contributed by atoms with van der Waals surface area (Å²) in [5, 5.41) is 13.5. The van der Waals surface area contributed by atoms with Gasteiger partial charge in [0.25, 0.3) is 11.6 Å². The smallest absolute Gasteiger partial charge is 0.274 e. The number of halogens is 1. The minimum absolute atomic E-state index is 0.151. The first-order valence-electron chi connectivity index (χ1n) is 5.84. The van der Waals surface area contributed by atoms with Gasteiger partial charge in [-0.1, -0.05) is 15.9 Å². The van der Waals surface area contributed by atoms with Crippen molar-refractivity contribution in [2.45, 2.75) is 25.3 Å². The molecule has 1 aliphatic carbocycles. The molecule has 7 nitrogen and oxygen atoms in total. The number of hydrogen-bond donors (Lipinski definition) is 2. The maximum absolute atomic E-state index is 12.2. The van der Waals surface area contributed by atoms with Crippen LogP contribution in [-0.2, 0) is 4.79 Å². The van der Waals surface area contributed by atoms with Crippen molar-refractivity contribution in [2.75, 3.05) is 0 Å². The van der Waals surface area contributed by atoms with Gasteiger partial charge in [-0.05, 0) is 25.8 Å². The number of rotatable bonds is 4. The molecule has 0 heterocycles. The van der Waals surface area contributed by atoms with Gasteiger partial charge in [0.2, 0.25) is 5.91 Å². The van der Waals surface area contributed by atoms with Crippen molar-refractivity contribution in [3.63, 3.8) is 0 Å². The van der Waals surface area contributed by atoms with Crippen LogP contribution < -0.4 is 11.1 Å². The summed E-state index contributed by atoms with van der Waals surface area (Å²) in [7, 11) is 0. The number of nitrogens with zero attached hydrogens (tertiary/aromatic N) is 1. The topological polar surface area (TPSA) is 115 Å². The first-order chi connectivity index (χ1) is 9.27. The lowest BCUT2D eigenvalue weighted by Gasteiger charge is -2.14. The molecule has 2 amide bonds. The molecule has 8 heteroatoms. The van der Waals surface area contributed by atoms with Crippen LogP contribution in [0.3, 0.4) is 0 Å². The SMILES string of the molecule is Cc1c(C(=O)NC2(C(N)=O)CC2)cc(Br)cc1[N+](=O)[O-]. The Labute approximate surface area is 122 Å². The van der Waals surface area contributed by atoms with E-state index in [4.69, 9.17) is 5.73 Å². The highest BCUT2D eigenvalue weighted by Gasteiger charge is 2.50. The molecule has 3 N–H and O–H groups in total. The third-order valence-corrected chi connectivity index (χ3v) is 3.82. The lowest BCUT2D eigenvalue weighted by molar-refractivity contribution is -0.385. The number of nitro benzene ring substituents is 1. The van der Waals surface area contributed by atoms with Crippen molar-refractivity contribution in [3.8, 4) is 0 Å². The monoisotopic (exact) mass is 341 g/mol. The molecule has 0 spiro atoms. The molecule has 1 saturated carbocycles. The van der Waals surface area contributed by atoms with Gasteiger partial charge in [0.15, 0.2) is 0 Å². The number of amides is 2. The van der Waals surface area contributed by atoms with E-state index in [9.17, 15) is 19.7 Å². The number of carbonyl (C=O) groups excluding carboxylic acids is 2. The van der Waals surface area contributed by atoms with Crippen molar-refractivity contribution in [3.05, 3.63) is 37.8 Å². The molecule has 1 aliphatic rings. The van der Waals surface area contributed by atoms with E-state index >= 15 is 0 Å². The molecule has 1 aromatic carbocycles. The third kappa shape index (κ3) is 2.51. The highest BCUT2D eigenvalue weighted by molar-refractivity contribution is 9.10. The van der Waals surface area contributed by atoms with E-state index in [0.717, 1.165) is 0 Å². The van der Waals surface area contributed by atoms with Gasteiger partial charge in [0.05, 0.1) is 10.5 Å². The second kappa shape index (κ2) is 4.86. The van der Waals surface area contributed by atoms with Crippen molar-refractivity contribution in [1.29, 1.82) is 0 Å². The predicted octanol–water partition coefficient (Wildman–Crippen LogP) is 1.41. The molecule has 0 atom stereocenters. The molecule has 1 fully saturated rings. The van der Waals surface area contributed by atoms with E-state index in [1.54, 1.807) is 0 Å². The quantitative estimate of drug-likeness (QED) is 0.636. The molecular weight excluding hydrogens is 330 g/mol. The summed E-state index contributed by atoms with van der Waals surface area (Å²) >= 11 is 3.13. The second-order valence-corrected chi connectivity index (χ2v) is 5.67. The van der Waals surface area contributed by atoms with Crippen molar-refractivity contribution < 1.29 is 14.5 Å². The summed E-state index contributed by atoms with van der Waals surface area (Å²) in [6.07, 6.45) is 0.979. The van der Waals surface area contributed by atoms with Crippen LogP contribution in [0.1, 0.15) is 28.8 Å². The lowest BCUT2D eigenvalue weighted by Crippen LogP contribution is -2.46. The Hall–Kier alpha value is -1.96. The Kier molecular flexibility index (Phi) is 3.51. The standard InChI is InChI=1S/C12H12BrN3O4/c1-6-8(4-7(13)5-9(6)16(19)20)10(17)15-12(2-3-12)11(14)18/h4-5H,2-3H2,1H3,(H2,14,18)(H,15,17). The predicted molar refractivity (Wildman–Crippen MR) is 74.2 cm³/mol. The van der Waals surface area contributed by atoms with E-state index in [0.29, 0.717) is 17.3 Å². The molecule has 106 valence electrons. The van der Waals surface area contributed by atoms with E-state index in [2.05, 4.69) is 21.2 Å². The van der Waals surface area contributed by atoms with Crippen molar-refractivity contribution in [1.82, 2.24) is 5.32 Å². The number of nitrogens with one attached hydrogen (secondary N) is 1. The van der Waals surface area contributed by atoms with Crippen molar-refractivity contribution in [2.24, 2.45) is 5.73 Å². The Morgan fingerprint density at radius 2 is 2.05 bits per heavy atom. The number of nitro groups is 1. The minimum Gasteiger partial charge on any atom is -0.368 e. The van der Waals surface area contributed by atoms with E-state index < -0.39 is 22.3 Å². The first-order valence-corrected chi connectivity index (χ1v) is 6.63. The Morgan fingerprint density at radius 1 is 1.45 bits per heavy atom. The Bertz CT molecular complexity index is 625. The normalized spacial score (nSPS) is 15.5. The molecule has 0 aliphatic heterocycles. The van der Waals surface area contributed by atoms with Crippen LogP contribution in [0.4, 0.5) is 5.69 Å². The zero-order valence-corrected chi connectivity index (χ0v) is 12.2. The molecule has 0 radical (unpaired) electrons. The maximum atomic E-state index is 12.2. The molecule has 2 rings (SSSR count). The molecular formula is C12H12BrN3O4. The molecule has 0 bridgehead atoms. The van der Waals surface area contributed by atoms with E-state index in [-0.39, 0.29) is 16.8 Å². The van der Waals surface area contributed by atoms with Crippen LogP contribution in [0.15, 0.2) is 16.6 Å². The Balaban J connectivity index is 2.36. The maximum Gasteiger partial charge on any atom is 0.274 e.